The first kappa shape index (κ1) is 30.9. The summed E-state index contributed by atoms with van der Waals surface area (Å²) >= 11 is 0. The molecule has 11 nitrogen and oxygen atoms in total. The number of aliphatic carboxylic acids is 1. The van der Waals surface area contributed by atoms with Gasteiger partial charge in [0.05, 0.1) is 35.3 Å². The van der Waals surface area contributed by atoms with E-state index in [-0.39, 0.29) is 11.3 Å². The average molecular weight is 612 g/mol. The number of sulfonamides is 1. The minimum atomic E-state index is -5.08. The van der Waals surface area contributed by atoms with E-state index in [1.54, 1.807) is 48.3 Å². The molecule has 0 bridgehead atoms. The maximum Gasteiger partial charge on any atom is 0.490 e. The number of carboxylic acid groups (broad SMARTS) is 1. The Balaban J connectivity index is 0.000000541. The molecule has 3 aromatic heterocycles. The lowest BCUT2D eigenvalue weighted by molar-refractivity contribution is -0.192. The molecule has 43 heavy (non-hydrogen) atoms. The Bertz CT molecular complexity index is 1870. The van der Waals surface area contributed by atoms with Crippen LogP contribution in [0.2, 0.25) is 0 Å². The van der Waals surface area contributed by atoms with E-state index in [0.29, 0.717) is 5.56 Å². The van der Waals surface area contributed by atoms with Crippen LogP contribution in [-0.2, 0) is 14.8 Å². The van der Waals surface area contributed by atoms with Gasteiger partial charge in [0.15, 0.2) is 0 Å². The number of alkyl halides is 3. The van der Waals surface area contributed by atoms with Crippen LogP contribution in [0.5, 0.6) is 0 Å². The zero-order chi connectivity index (χ0) is 31.2. The summed E-state index contributed by atoms with van der Waals surface area (Å²) in [6, 6.07) is 19.2. The number of H-pyrrole nitrogens is 1. The second-order valence-electron chi connectivity index (χ2n) is 9.18. The van der Waals surface area contributed by atoms with Gasteiger partial charge in [-0.1, -0.05) is 42.5 Å². The highest BCUT2D eigenvalue weighted by Crippen LogP contribution is 2.29. The molecule has 0 spiro atoms. The molecule has 1 unspecified atom stereocenters. The van der Waals surface area contributed by atoms with Crippen molar-refractivity contribution in [2.45, 2.75) is 36.5 Å². The van der Waals surface area contributed by atoms with E-state index in [0.717, 1.165) is 27.9 Å². The summed E-state index contributed by atoms with van der Waals surface area (Å²) in [6.07, 6.45) is 1.80. The summed E-state index contributed by atoms with van der Waals surface area (Å²) in [5.41, 5.74) is 3.74. The summed E-state index contributed by atoms with van der Waals surface area (Å²) in [7, 11) is -3.80. The number of carboxylic acids is 1. The van der Waals surface area contributed by atoms with Crippen molar-refractivity contribution in [2.75, 3.05) is 0 Å². The van der Waals surface area contributed by atoms with E-state index in [2.05, 4.69) is 30.8 Å². The Hall–Kier alpha value is -5.07. The van der Waals surface area contributed by atoms with Crippen LogP contribution >= 0.6 is 0 Å². The second kappa shape index (κ2) is 12.8. The van der Waals surface area contributed by atoms with Crippen LogP contribution in [0.4, 0.5) is 13.2 Å². The van der Waals surface area contributed by atoms with Crippen molar-refractivity contribution < 1.29 is 31.5 Å². The number of hydrogen-bond donors (Lipinski definition) is 3. The van der Waals surface area contributed by atoms with Gasteiger partial charge in [-0.2, -0.15) is 23.5 Å². The molecule has 3 heterocycles. The van der Waals surface area contributed by atoms with E-state index in [1.165, 1.54) is 6.33 Å². The number of halogens is 3. The third-order valence-corrected chi connectivity index (χ3v) is 7.80. The minimum Gasteiger partial charge on any atom is -0.475 e. The van der Waals surface area contributed by atoms with Crippen LogP contribution in [0.1, 0.15) is 36.6 Å². The van der Waals surface area contributed by atoms with Gasteiger partial charge in [-0.25, -0.2) is 27.9 Å². The van der Waals surface area contributed by atoms with Crippen molar-refractivity contribution in [3.05, 3.63) is 96.7 Å². The maximum atomic E-state index is 13.2. The molecule has 222 valence electrons. The number of aromatic amines is 1. The Morgan fingerprint density at radius 3 is 2.49 bits per heavy atom. The summed E-state index contributed by atoms with van der Waals surface area (Å²) in [5, 5.41) is 22.0. The molecule has 2 aromatic carbocycles. The molecule has 0 fully saturated rings. The van der Waals surface area contributed by atoms with Gasteiger partial charge in [-0.3, -0.25) is 4.68 Å². The zero-order valence-corrected chi connectivity index (χ0v) is 23.2. The molecular formula is C28H24F3N7O4S. The highest BCUT2D eigenvalue weighted by Gasteiger charge is 2.38. The first-order valence-electron chi connectivity index (χ1n) is 12.6. The maximum absolute atomic E-state index is 13.2. The van der Waals surface area contributed by atoms with Gasteiger partial charge in [0.25, 0.3) is 0 Å². The Labute approximate surface area is 243 Å². The van der Waals surface area contributed by atoms with Gasteiger partial charge >= 0.3 is 12.1 Å². The molecule has 0 aliphatic carbocycles. The molecule has 0 saturated heterocycles. The summed E-state index contributed by atoms with van der Waals surface area (Å²) in [5.74, 6) is -2.76. The number of nitrogens with one attached hydrogen (secondary N) is 2. The van der Waals surface area contributed by atoms with Gasteiger partial charge < -0.3 is 10.1 Å². The lowest BCUT2D eigenvalue weighted by atomic mass is 10.0. The van der Waals surface area contributed by atoms with Gasteiger partial charge in [0, 0.05) is 29.4 Å². The van der Waals surface area contributed by atoms with Crippen molar-refractivity contribution in [1.29, 1.82) is 5.26 Å². The fourth-order valence-corrected chi connectivity index (χ4v) is 5.47. The third-order valence-electron chi connectivity index (χ3n) is 6.26. The Kier molecular flexibility index (Phi) is 9.22. The fourth-order valence-electron chi connectivity index (χ4n) is 4.18. The van der Waals surface area contributed by atoms with Crippen LogP contribution in [0.25, 0.3) is 22.3 Å². The first-order chi connectivity index (χ1) is 20.4. The number of hydrogen-bond acceptors (Lipinski definition) is 7. The van der Waals surface area contributed by atoms with E-state index in [1.807, 2.05) is 42.6 Å². The fraction of sp³-hybridized carbons (Fsp3) is 0.179. The highest BCUT2D eigenvalue weighted by molar-refractivity contribution is 7.89. The number of nitrogens with zero attached hydrogens (tertiary/aromatic N) is 5. The number of aromatic nitrogens is 5. The third kappa shape index (κ3) is 7.42. The molecule has 0 aliphatic heterocycles. The SMILES string of the molecule is C[C@H](NS(=O)(=O)c1cccc(C(CC#N)n2cc(-c3ncnc4[nH]ccc34)cn2)c1)c1ccccc1.O=C(O)C(F)(F)F. The van der Waals surface area contributed by atoms with Crippen molar-refractivity contribution in [3.8, 4) is 17.3 Å². The van der Waals surface area contributed by atoms with Gasteiger partial charge in [0.2, 0.25) is 10.0 Å². The molecule has 15 heteroatoms. The van der Waals surface area contributed by atoms with Crippen LogP contribution in [-0.4, -0.2) is 50.4 Å². The van der Waals surface area contributed by atoms with Crippen LogP contribution in [0.3, 0.4) is 0 Å². The standard InChI is InChI=1S/C26H23N7O2S.C2HF3O2/c1-18(19-6-3-2-4-7-19)32-36(34,35)22-9-5-8-20(14-22)24(10-12-27)33-16-21(15-31-33)25-23-11-13-28-26(23)30-17-29-25;3-2(4,5)1(6)7/h2-9,11,13-18,24,32H,10H2,1H3,(H,28,29,30);(H,6,7)/t18-,24?;/m0./s1. The van der Waals surface area contributed by atoms with Crippen molar-refractivity contribution in [1.82, 2.24) is 29.5 Å². The molecule has 0 saturated carbocycles. The second-order valence-corrected chi connectivity index (χ2v) is 10.9. The highest BCUT2D eigenvalue weighted by atomic mass is 32.2. The average Bonchev–Trinajstić information content (AvgIpc) is 3.66. The summed E-state index contributed by atoms with van der Waals surface area (Å²) < 4.78 is 62.5. The first-order valence-corrected chi connectivity index (χ1v) is 14.1. The topological polar surface area (TPSA) is 167 Å². The van der Waals surface area contributed by atoms with Crippen LogP contribution in [0.15, 0.2) is 90.5 Å². The number of carbonyl (C=O) groups is 1. The molecule has 5 aromatic rings. The van der Waals surface area contributed by atoms with Crippen LogP contribution in [0, 0.1) is 11.3 Å². The van der Waals surface area contributed by atoms with E-state index in [4.69, 9.17) is 9.90 Å². The zero-order valence-electron chi connectivity index (χ0n) is 22.4. The van der Waals surface area contributed by atoms with Crippen molar-refractivity contribution in [3.63, 3.8) is 0 Å². The number of nitriles is 1. The van der Waals surface area contributed by atoms with Gasteiger partial charge in [-0.15, -0.1) is 0 Å². The quantitative estimate of drug-likeness (QED) is 0.220. The lowest BCUT2D eigenvalue weighted by Gasteiger charge is -2.18. The summed E-state index contributed by atoms with van der Waals surface area (Å²) in [6.45, 7) is 1.80. The predicted octanol–water partition coefficient (Wildman–Crippen LogP) is 5.00. The lowest BCUT2D eigenvalue weighted by Crippen LogP contribution is -2.27. The molecular weight excluding hydrogens is 587 g/mol. The van der Waals surface area contributed by atoms with Gasteiger partial charge in [-0.05, 0) is 36.2 Å². The predicted molar refractivity (Wildman–Crippen MR) is 149 cm³/mol. The molecule has 3 N–H and O–H groups in total. The molecule has 0 aliphatic rings. The van der Waals surface area contributed by atoms with Crippen molar-refractivity contribution >= 4 is 27.0 Å². The molecule has 2 atom stereocenters. The van der Waals surface area contributed by atoms with E-state index in [9.17, 15) is 26.9 Å². The smallest absolute Gasteiger partial charge is 0.475 e. The van der Waals surface area contributed by atoms with Crippen LogP contribution < -0.4 is 4.72 Å². The summed E-state index contributed by atoms with van der Waals surface area (Å²) in [4.78, 5) is 20.7. The van der Waals surface area contributed by atoms with Crippen molar-refractivity contribution in [2.24, 2.45) is 0 Å². The largest absolute Gasteiger partial charge is 0.490 e. The normalized spacial score (nSPS) is 13.0. The van der Waals surface area contributed by atoms with E-state index < -0.39 is 34.3 Å². The molecule has 5 rings (SSSR count). The number of benzene rings is 2. The van der Waals surface area contributed by atoms with Gasteiger partial charge in [0.1, 0.15) is 12.0 Å². The van der Waals surface area contributed by atoms with E-state index >= 15 is 0 Å². The number of fused-ring (bicyclic) bond motifs is 1. The number of rotatable bonds is 8. The Morgan fingerprint density at radius 1 is 1.12 bits per heavy atom. The molecule has 0 radical (unpaired) electrons. The Morgan fingerprint density at radius 2 is 1.81 bits per heavy atom. The molecule has 0 amide bonds. The monoisotopic (exact) mass is 611 g/mol. The minimum absolute atomic E-state index is 0.113.